The van der Waals surface area contributed by atoms with Crippen molar-refractivity contribution in [3.05, 3.63) is 24.1 Å². The number of nitrogens with zero attached hydrogens (tertiary/aromatic N) is 4. The smallest absolute Gasteiger partial charge is 0.220 e. The summed E-state index contributed by atoms with van der Waals surface area (Å²) in [5.41, 5.74) is 14.2. The first-order chi connectivity index (χ1) is 11.6. The highest BCUT2D eigenvalue weighted by Crippen LogP contribution is 2.41. The van der Waals surface area contributed by atoms with Crippen molar-refractivity contribution < 1.29 is 4.42 Å². The predicted molar refractivity (Wildman–Crippen MR) is 94.9 cm³/mol. The maximum absolute atomic E-state index is 6.29. The molecular formula is C17H22N6O. The summed E-state index contributed by atoms with van der Waals surface area (Å²) in [6.45, 7) is 2.02. The van der Waals surface area contributed by atoms with Crippen LogP contribution in [0.15, 0.2) is 32.6 Å². The molecule has 7 nitrogen and oxygen atoms in total. The number of nitrogens with two attached hydrogens (primary N) is 2. The van der Waals surface area contributed by atoms with Gasteiger partial charge in [0.2, 0.25) is 11.9 Å². The highest BCUT2D eigenvalue weighted by molar-refractivity contribution is 6.09. The SMILES string of the molecule is CCc1nc2c(N3C(N)=NC(N)=NC34CCCCC4)cccc2o1. The van der Waals surface area contributed by atoms with Crippen LogP contribution in [0.4, 0.5) is 5.69 Å². The zero-order valence-corrected chi connectivity index (χ0v) is 13.8. The Hall–Kier alpha value is -2.57. The van der Waals surface area contributed by atoms with Gasteiger partial charge in [0.1, 0.15) is 11.2 Å². The van der Waals surface area contributed by atoms with Crippen LogP contribution < -0.4 is 16.4 Å². The molecular weight excluding hydrogens is 304 g/mol. The van der Waals surface area contributed by atoms with Crippen LogP contribution in [-0.2, 0) is 6.42 Å². The van der Waals surface area contributed by atoms with Crippen LogP contribution in [0.3, 0.4) is 0 Å². The second-order valence-electron chi connectivity index (χ2n) is 6.40. The summed E-state index contributed by atoms with van der Waals surface area (Å²) in [7, 11) is 0. The Kier molecular flexibility index (Phi) is 3.44. The second kappa shape index (κ2) is 5.51. The number of fused-ring (bicyclic) bond motifs is 1. The molecule has 1 aliphatic carbocycles. The Morgan fingerprint density at radius 1 is 1.21 bits per heavy atom. The molecule has 0 amide bonds. The lowest BCUT2D eigenvalue weighted by Crippen LogP contribution is -2.58. The van der Waals surface area contributed by atoms with Crippen LogP contribution in [0.2, 0.25) is 0 Å². The number of guanidine groups is 2. The fraction of sp³-hybridized carbons (Fsp3) is 0.471. The fourth-order valence-corrected chi connectivity index (χ4v) is 3.78. The van der Waals surface area contributed by atoms with E-state index >= 15 is 0 Å². The molecule has 0 atom stereocenters. The number of hydrogen-bond donors (Lipinski definition) is 2. The van der Waals surface area contributed by atoms with Crippen molar-refractivity contribution in [1.29, 1.82) is 0 Å². The number of benzene rings is 1. The highest BCUT2D eigenvalue weighted by Gasteiger charge is 2.43. The Bertz CT molecular complexity index is 831. The van der Waals surface area contributed by atoms with Gasteiger partial charge in [0, 0.05) is 6.42 Å². The molecule has 7 heteroatoms. The first kappa shape index (κ1) is 15.0. The van der Waals surface area contributed by atoms with Crippen LogP contribution in [0, 0.1) is 0 Å². The average Bonchev–Trinajstić information content (AvgIpc) is 2.99. The monoisotopic (exact) mass is 326 g/mol. The van der Waals surface area contributed by atoms with Crippen LogP contribution >= 0.6 is 0 Å². The fourth-order valence-electron chi connectivity index (χ4n) is 3.78. The largest absolute Gasteiger partial charge is 0.441 e. The van der Waals surface area contributed by atoms with E-state index in [0.717, 1.165) is 48.9 Å². The van der Waals surface area contributed by atoms with Gasteiger partial charge in [-0.15, -0.1) is 0 Å². The van der Waals surface area contributed by atoms with E-state index in [9.17, 15) is 0 Å². The quantitative estimate of drug-likeness (QED) is 0.882. The molecule has 1 fully saturated rings. The molecule has 24 heavy (non-hydrogen) atoms. The summed E-state index contributed by atoms with van der Waals surface area (Å²) in [6.07, 6.45) is 5.94. The van der Waals surface area contributed by atoms with Crippen LogP contribution in [-0.4, -0.2) is 22.6 Å². The summed E-state index contributed by atoms with van der Waals surface area (Å²) in [5.74, 6) is 1.34. The molecule has 2 aliphatic rings. The molecule has 2 aromatic rings. The van der Waals surface area contributed by atoms with E-state index in [2.05, 4.69) is 9.98 Å². The molecule has 0 bridgehead atoms. The van der Waals surface area contributed by atoms with Crippen molar-refractivity contribution in [3.63, 3.8) is 0 Å². The first-order valence-corrected chi connectivity index (χ1v) is 8.51. The Morgan fingerprint density at radius 3 is 2.75 bits per heavy atom. The normalized spacial score (nSPS) is 20.3. The molecule has 4 rings (SSSR count). The predicted octanol–water partition coefficient (Wildman–Crippen LogP) is 2.50. The number of rotatable bonds is 2. The van der Waals surface area contributed by atoms with E-state index in [4.69, 9.17) is 20.9 Å². The lowest BCUT2D eigenvalue weighted by Gasteiger charge is -2.45. The summed E-state index contributed by atoms with van der Waals surface area (Å²) in [4.78, 5) is 15.6. The standard InChI is InChI=1S/C17H22N6O/c1-2-13-20-14-11(7-6-8-12(14)24-13)23-16(19)21-15(18)22-17(23)9-4-3-5-10-17/h6-8H,2-5,9-10H2,1H3,(H4,18,19,21,22). The van der Waals surface area contributed by atoms with Gasteiger partial charge in [-0.3, -0.25) is 4.90 Å². The summed E-state index contributed by atoms with van der Waals surface area (Å²) in [5, 5.41) is 0. The third kappa shape index (κ3) is 2.23. The van der Waals surface area contributed by atoms with Gasteiger partial charge in [0.25, 0.3) is 0 Å². The Morgan fingerprint density at radius 2 is 2.00 bits per heavy atom. The molecule has 2 heterocycles. The van der Waals surface area contributed by atoms with Crippen molar-refractivity contribution in [2.45, 2.75) is 51.1 Å². The number of aromatic nitrogens is 1. The first-order valence-electron chi connectivity index (χ1n) is 8.51. The molecule has 1 saturated carbocycles. The van der Waals surface area contributed by atoms with Gasteiger partial charge in [0.15, 0.2) is 11.5 Å². The van der Waals surface area contributed by atoms with Gasteiger partial charge in [0.05, 0.1) is 5.69 Å². The van der Waals surface area contributed by atoms with Crippen molar-refractivity contribution in [2.24, 2.45) is 21.5 Å². The summed E-state index contributed by atoms with van der Waals surface area (Å²) < 4.78 is 5.80. The Balaban J connectivity index is 1.90. The van der Waals surface area contributed by atoms with Gasteiger partial charge < -0.3 is 15.9 Å². The lowest BCUT2D eigenvalue weighted by atomic mass is 9.87. The lowest BCUT2D eigenvalue weighted by molar-refractivity contribution is 0.306. The summed E-state index contributed by atoms with van der Waals surface area (Å²) in [6, 6.07) is 5.88. The molecule has 0 radical (unpaired) electrons. The minimum absolute atomic E-state index is 0.257. The van der Waals surface area contributed by atoms with E-state index in [0.29, 0.717) is 11.9 Å². The van der Waals surface area contributed by atoms with Crippen LogP contribution in [0.1, 0.15) is 44.9 Å². The van der Waals surface area contributed by atoms with Gasteiger partial charge in [-0.2, -0.15) is 4.99 Å². The van der Waals surface area contributed by atoms with Gasteiger partial charge in [-0.1, -0.05) is 19.4 Å². The van der Waals surface area contributed by atoms with Crippen molar-refractivity contribution in [1.82, 2.24) is 4.98 Å². The molecule has 1 aliphatic heterocycles. The van der Waals surface area contributed by atoms with Gasteiger partial charge in [-0.05, 0) is 37.8 Å². The van der Waals surface area contributed by atoms with Crippen molar-refractivity contribution in [3.8, 4) is 0 Å². The molecule has 1 aromatic heterocycles. The van der Waals surface area contributed by atoms with Gasteiger partial charge in [-0.25, -0.2) is 9.98 Å². The summed E-state index contributed by atoms with van der Waals surface area (Å²) >= 11 is 0. The topological polar surface area (TPSA) is 106 Å². The molecule has 1 aromatic carbocycles. The van der Waals surface area contributed by atoms with E-state index in [-0.39, 0.29) is 5.96 Å². The second-order valence-corrected chi connectivity index (χ2v) is 6.40. The van der Waals surface area contributed by atoms with Crippen LogP contribution in [0.25, 0.3) is 11.1 Å². The van der Waals surface area contributed by atoms with E-state index < -0.39 is 5.66 Å². The maximum atomic E-state index is 6.29. The number of para-hydroxylation sites is 1. The molecule has 4 N–H and O–H groups in total. The maximum Gasteiger partial charge on any atom is 0.220 e. The number of aliphatic imine (C=N–C) groups is 2. The van der Waals surface area contributed by atoms with E-state index in [1.54, 1.807) is 0 Å². The number of anilines is 1. The van der Waals surface area contributed by atoms with Crippen molar-refractivity contribution in [2.75, 3.05) is 4.90 Å². The zero-order valence-electron chi connectivity index (χ0n) is 13.8. The minimum Gasteiger partial charge on any atom is -0.441 e. The number of aryl methyl sites for hydroxylation is 1. The Labute approximate surface area is 140 Å². The zero-order chi connectivity index (χ0) is 16.7. The number of hydrogen-bond acceptors (Lipinski definition) is 7. The van der Waals surface area contributed by atoms with E-state index in [1.807, 2.05) is 30.0 Å². The van der Waals surface area contributed by atoms with Crippen molar-refractivity contribution >= 4 is 28.7 Å². The molecule has 126 valence electrons. The molecule has 0 unspecified atom stereocenters. The third-order valence-corrected chi connectivity index (χ3v) is 4.84. The average molecular weight is 326 g/mol. The molecule has 1 spiro atoms. The number of oxazole rings is 1. The highest BCUT2D eigenvalue weighted by atomic mass is 16.3. The van der Waals surface area contributed by atoms with E-state index in [1.165, 1.54) is 6.42 Å². The molecule has 0 saturated heterocycles. The van der Waals surface area contributed by atoms with Gasteiger partial charge >= 0.3 is 0 Å². The van der Waals surface area contributed by atoms with Crippen LogP contribution in [0.5, 0.6) is 0 Å². The minimum atomic E-state index is -0.465. The third-order valence-electron chi connectivity index (χ3n) is 4.84.